The normalized spacial score (nSPS) is 10.9. The molecule has 2 N–H and O–H groups in total. The molecular formula is C13H17NOS. The van der Waals surface area contributed by atoms with Crippen LogP contribution in [-0.4, -0.2) is 17.4 Å². The summed E-state index contributed by atoms with van der Waals surface area (Å²) in [5, 5.41) is 0.156. The number of carbonyl (C=O) groups excluding carboxylic acids is 1. The van der Waals surface area contributed by atoms with Gasteiger partial charge in [0.05, 0.1) is 0 Å². The molecule has 0 aromatic heterocycles. The van der Waals surface area contributed by atoms with Gasteiger partial charge in [0.15, 0.2) is 5.12 Å². The first-order valence-electron chi connectivity index (χ1n) is 5.31. The Morgan fingerprint density at radius 2 is 2.06 bits per heavy atom. The third-order valence-electron chi connectivity index (χ3n) is 2.11. The number of hydrogen-bond donors (Lipinski definition) is 1. The molecule has 3 heteroatoms. The Hall–Kier alpha value is -1.06. The van der Waals surface area contributed by atoms with Gasteiger partial charge in [-0.1, -0.05) is 48.2 Å². The van der Waals surface area contributed by atoms with E-state index >= 15 is 0 Å². The second-order valence-corrected chi connectivity index (χ2v) is 4.68. The van der Waals surface area contributed by atoms with Gasteiger partial charge in [0.25, 0.3) is 0 Å². The second-order valence-electron chi connectivity index (χ2n) is 3.49. The standard InChI is InChI=1S/C13H17NOS/c1-11(15)16-10-2-3-12-4-6-13(7-5-12)8-9-14/h2-7H,8-10,14H2,1H3. The Kier molecular flexibility index (Phi) is 5.90. The molecule has 0 saturated carbocycles. The largest absolute Gasteiger partial charge is 0.330 e. The fourth-order valence-electron chi connectivity index (χ4n) is 1.31. The molecule has 0 unspecified atom stereocenters. The molecule has 0 aliphatic heterocycles. The fraction of sp³-hybridized carbons (Fsp3) is 0.308. The topological polar surface area (TPSA) is 43.1 Å². The van der Waals surface area contributed by atoms with E-state index in [1.165, 1.54) is 17.3 Å². The third kappa shape index (κ3) is 5.14. The van der Waals surface area contributed by atoms with Gasteiger partial charge < -0.3 is 5.73 Å². The first-order valence-corrected chi connectivity index (χ1v) is 6.30. The maximum atomic E-state index is 10.7. The zero-order valence-corrected chi connectivity index (χ0v) is 10.3. The van der Waals surface area contributed by atoms with Crippen molar-refractivity contribution in [2.45, 2.75) is 13.3 Å². The lowest BCUT2D eigenvalue weighted by molar-refractivity contribution is -0.109. The van der Waals surface area contributed by atoms with Gasteiger partial charge in [-0.15, -0.1) is 0 Å². The van der Waals surface area contributed by atoms with Crippen molar-refractivity contribution in [3.8, 4) is 0 Å². The highest BCUT2D eigenvalue weighted by Gasteiger charge is 1.92. The highest BCUT2D eigenvalue weighted by atomic mass is 32.2. The van der Waals surface area contributed by atoms with Crippen molar-refractivity contribution in [1.29, 1.82) is 0 Å². The smallest absolute Gasteiger partial charge is 0.186 e. The predicted octanol–water partition coefficient (Wildman–Crippen LogP) is 2.48. The summed E-state index contributed by atoms with van der Waals surface area (Å²) in [5.41, 5.74) is 7.90. The van der Waals surface area contributed by atoms with E-state index in [1.807, 2.05) is 12.2 Å². The van der Waals surface area contributed by atoms with E-state index in [1.54, 1.807) is 6.92 Å². The number of nitrogens with two attached hydrogens (primary N) is 1. The summed E-state index contributed by atoms with van der Waals surface area (Å²) < 4.78 is 0. The van der Waals surface area contributed by atoms with E-state index in [2.05, 4.69) is 24.3 Å². The van der Waals surface area contributed by atoms with Crippen LogP contribution < -0.4 is 5.73 Å². The van der Waals surface area contributed by atoms with E-state index < -0.39 is 0 Å². The van der Waals surface area contributed by atoms with Crippen LogP contribution in [0.15, 0.2) is 30.3 Å². The van der Waals surface area contributed by atoms with Gasteiger partial charge in [-0.2, -0.15) is 0 Å². The summed E-state index contributed by atoms with van der Waals surface area (Å²) in [6.07, 6.45) is 4.95. The van der Waals surface area contributed by atoms with Crippen LogP contribution in [0.4, 0.5) is 0 Å². The molecule has 0 amide bonds. The Bertz CT molecular complexity index is 357. The maximum Gasteiger partial charge on any atom is 0.186 e. The summed E-state index contributed by atoms with van der Waals surface area (Å²) in [6.45, 7) is 2.27. The Morgan fingerprint density at radius 1 is 1.38 bits per heavy atom. The van der Waals surface area contributed by atoms with Gasteiger partial charge in [0.1, 0.15) is 0 Å². The van der Waals surface area contributed by atoms with Crippen molar-refractivity contribution in [2.24, 2.45) is 5.73 Å². The first-order chi connectivity index (χ1) is 7.72. The Labute approximate surface area is 101 Å². The molecule has 0 radical (unpaired) electrons. The van der Waals surface area contributed by atoms with Crippen LogP contribution in [0.2, 0.25) is 0 Å². The monoisotopic (exact) mass is 235 g/mol. The predicted molar refractivity (Wildman–Crippen MR) is 71.4 cm³/mol. The molecule has 0 spiro atoms. The lowest BCUT2D eigenvalue weighted by Crippen LogP contribution is -2.02. The van der Waals surface area contributed by atoms with Gasteiger partial charge >= 0.3 is 0 Å². The lowest BCUT2D eigenvalue weighted by atomic mass is 10.1. The summed E-state index contributed by atoms with van der Waals surface area (Å²) in [5.74, 6) is 0.736. The molecule has 0 bridgehead atoms. The molecule has 0 saturated heterocycles. The molecule has 0 aliphatic rings. The van der Waals surface area contributed by atoms with Gasteiger partial charge in [-0.25, -0.2) is 0 Å². The molecule has 1 rings (SSSR count). The van der Waals surface area contributed by atoms with Gasteiger partial charge in [-0.3, -0.25) is 4.79 Å². The first kappa shape index (κ1) is 13.0. The third-order valence-corrected chi connectivity index (χ3v) is 2.87. The minimum absolute atomic E-state index is 0.156. The molecular weight excluding hydrogens is 218 g/mol. The van der Waals surface area contributed by atoms with E-state index in [4.69, 9.17) is 5.73 Å². The van der Waals surface area contributed by atoms with Crippen molar-refractivity contribution >= 4 is 23.0 Å². The second kappa shape index (κ2) is 7.25. The zero-order chi connectivity index (χ0) is 11.8. The lowest BCUT2D eigenvalue weighted by Gasteiger charge is -1.99. The zero-order valence-electron chi connectivity index (χ0n) is 9.48. The van der Waals surface area contributed by atoms with Crippen LogP contribution in [0.5, 0.6) is 0 Å². The summed E-state index contributed by atoms with van der Waals surface area (Å²) in [6, 6.07) is 8.31. The number of rotatable bonds is 5. The average molecular weight is 235 g/mol. The van der Waals surface area contributed by atoms with Crippen molar-refractivity contribution in [3.05, 3.63) is 41.5 Å². The molecule has 0 heterocycles. The summed E-state index contributed by atoms with van der Waals surface area (Å²) >= 11 is 1.32. The SMILES string of the molecule is CC(=O)SCC=Cc1ccc(CCN)cc1. The van der Waals surface area contributed by atoms with Crippen LogP contribution in [-0.2, 0) is 11.2 Å². The molecule has 0 fully saturated rings. The molecule has 0 aliphatic carbocycles. The molecule has 16 heavy (non-hydrogen) atoms. The fourth-order valence-corrected chi connectivity index (χ4v) is 1.74. The van der Waals surface area contributed by atoms with Gasteiger partial charge in [0, 0.05) is 12.7 Å². The Morgan fingerprint density at radius 3 is 2.62 bits per heavy atom. The quantitative estimate of drug-likeness (QED) is 0.852. The number of benzene rings is 1. The maximum absolute atomic E-state index is 10.7. The highest BCUT2D eigenvalue weighted by molar-refractivity contribution is 8.13. The number of hydrogen-bond acceptors (Lipinski definition) is 3. The van der Waals surface area contributed by atoms with Crippen molar-refractivity contribution in [3.63, 3.8) is 0 Å². The minimum atomic E-state index is 0.156. The average Bonchev–Trinajstić information content (AvgIpc) is 2.27. The van der Waals surface area contributed by atoms with E-state index in [9.17, 15) is 4.79 Å². The Balaban J connectivity index is 2.45. The van der Waals surface area contributed by atoms with Crippen LogP contribution >= 0.6 is 11.8 Å². The summed E-state index contributed by atoms with van der Waals surface area (Å²) in [4.78, 5) is 10.7. The minimum Gasteiger partial charge on any atom is -0.330 e. The van der Waals surface area contributed by atoms with Crippen LogP contribution in [0, 0.1) is 0 Å². The molecule has 1 aromatic carbocycles. The van der Waals surface area contributed by atoms with Crippen LogP contribution in [0.1, 0.15) is 18.1 Å². The van der Waals surface area contributed by atoms with E-state index in [-0.39, 0.29) is 5.12 Å². The van der Waals surface area contributed by atoms with Crippen molar-refractivity contribution in [2.75, 3.05) is 12.3 Å². The summed E-state index contributed by atoms with van der Waals surface area (Å²) in [7, 11) is 0. The van der Waals surface area contributed by atoms with E-state index in [0.29, 0.717) is 6.54 Å². The molecule has 1 aromatic rings. The van der Waals surface area contributed by atoms with Crippen molar-refractivity contribution in [1.82, 2.24) is 0 Å². The van der Waals surface area contributed by atoms with Gasteiger partial charge in [0.2, 0.25) is 0 Å². The van der Waals surface area contributed by atoms with Crippen molar-refractivity contribution < 1.29 is 4.79 Å². The number of thioether (sulfide) groups is 1. The van der Waals surface area contributed by atoms with Crippen LogP contribution in [0.3, 0.4) is 0 Å². The highest BCUT2D eigenvalue weighted by Crippen LogP contribution is 2.08. The molecule has 0 atom stereocenters. The molecule has 2 nitrogen and oxygen atoms in total. The number of carbonyl (C=O) groups is 1. The van der Waals surface area contributed by atoms with Crippen LogP contribution in [0.25, 0.3) is 6.08 Å². The molecule has 86 valence electrons. The van der Waals surface area contributed by atoms with E-state index in [0.717, 1.165) is 17.7 Å². The van der Waals surface area contributed by atoms with Gasteiger partial charge in [-0.05, 0) is 24.1 Å².